The molecule has 0 spiro atoms. The van der Waals surface area contributed by atoms with Crippen molar-refractivity contribution < 1.29 is 23.0 Å². The molecule has 6 nitrogen and oxygen atoms in total. The molecule has 3 aliphatic heterocycles. The van der Waals surface area contributed by atoms with Crippen molar-refractivity contribution in [1.29, 1.82) is 0 Å². The fourth-order valence-electron chi connectivity index (χ4n) is 5.53. The number of nitrogens with zero attached hydrogens (tertiary/aromatic N) is 2. The molecule has 0 bridgehead atoms. The molecule has 0 aromatic heterocycles. The summed E-state index contributed by atoms with van der Waals surface area (Å²) in [4.78, 5) is 17.9. The number of carbonyl (C=O) groups is 1. The molecular weight excluding hydrogens is 476 g/mol. The summed E-state index contributed by atoms with van der Waals surface area (Å²) in [5.41, 5.74) is 1.83. The van der Waals surface area contributed by atoms with E-state index in [4.69, 9.17) is 9.47 Å². The fraction of sp³-hybridized carbons (Fsp3) is 0.414. The van der Waals surface area contributed by atoms with E-state index in [0.717, 1.165) is 61.0 Å². The van der Waals surface area contributed by atoms with Crippen molar-refractivity contribution in [2.75, 3.05) is 50.8 Å². The Balaban J connectivity index is 1.13. The van der Waals surface area contributed by atoms with Crippen molar-refractivity contribution in [3.8, 4) is 11.5 Å². The van der Waals surface area contributed by atoms with Gasteiger partial charge < -0.3 is 24.6 Å². The number of amides is 1. The molecule has 0 radical (unpaired) electrons. The van der Waals surface area contributed by atoms with Crippen LogP contribution in [-0.2, 0) is 11.2 Å². The highest BCUT2D eigenvalue weighted by Gasteiger charge is 2.31. The molecule has 37 heavy (non-hydrogen) atoms. The Morgan fingerprint density at radius 3 is 2.65 bits per heavy atom. The van der Waals surface area contributed by atoms with Crippen LogP contribution in [0, 0.1) is 17.6 Å². The molecule has 0 saturated carbocycles. The number of rotatable bonds is 7. The number of anilines is 1. The van der Waals surface area contributed by atoms with Gasteiger partial charge in [0.05, 0.1) is 5.92 Å². The van der Waals surface area contributed by atoms with E-state index in [2.05, 4.69) is 21.2 Å². The van der Waals surface area contributed by atoms with Gasteiger partial charge in [-0.1, -0.05) is 12.1 Å². The molecule has 1 unspecified atom stereocenters. The van der Waals surface area contributed by atoms with Gasteiger partial charge in [-0.2, -0.15) is 0 Å². The van der Waals surface area contributed by atoms with Crippen LogP contribution < -0.4 is 19.7 Å². The van der Waals surface area contributed by atoms with Gasteiger partial charge in [0.1, 0.15) is 19.0 Å². The Kier molecular flexibility index (Phi) is 6.59. The third-order valence-corrected chi connectivity index (χ3v) is 7.62. The molecular formula is C29H31F2N3O3. The van der Waals surface area contributed by atoms with Crippen LogP contribution in [-0.4, -0.2) is 62.8 Å². The molecule has 3 aromatic rings. The summed E-state index contributed by atoms with van der Waals surface area (Å²) in [7, 11) is 0. The van der Waals surface area contributed by atoms with Crippen molar-refractivity contribution in [3.63, 3.8) is 0 Å². The molecule has 6 rings (SSSR count). The molecule has 3 heterocycles. The molecule has 1 amide bonds. The van der Waals surface area contributed by atoms with E-state index in [1.165, 1.54) is 18.2 Å². The predicted molar refractivity (Wildman–Crippen MR) is 138 cm³/mol. The summed E-state index contributed by atoms with van der Waals surface area (Å²) in [6.07, 6.45) is 2.45. The Labute approximate surface area is 215 Å². The first-order valence-corrected chi connectivity index (χ1v) is 13.1. The molecule has 194 valence electrons. The van der Waals surface area contributed by atoms with Crippen LogP contribution in [0.4, 0.5) is 14.5 Å². The lowest BCUT2D eigenvalue weighted by Crippen LogP contribution is -2.50. The van der Waals surface area contributed by atoms with E-state index in [1.807, 2.05) is 18.2 Å². The smallest absolute Gasteiger partial charge is 0.225 e. The minimum Gasteiger partial charge on any atom is -0.486 e. The first kappa shape index (κ1) is 24.0. The maximum Gasteiger partial charge on any atom is 0.225 e. The van der Waals surface area contributed by atoms with Gasteiger partial charge in [-0.05, 0) is 85.1 Å². The van der Waals surface area contributed by atoms with Crippen molar-refractivity contribution in [2.24, 2.45) is 5.92 Å². The molecule has 2 saturated heterocycles. The maximum atomic E-state index is 14.6. The summed E-state index contributed by atoms with van der Waals surface area (Å²) >= 11 is 0. The van der Waals surface area contributed by atoms with Gasteiger partial charge in [-0.3, -0.25) is 4.79 Å². The predicted octanol–water partition coefficient (Wildman–Crippen LogP) is 4.15. The summed E-state index contributed by atoms with van der Waals surface area (Å²) in [5, 5.41) is 5.11. The van der Waals surface area contributed by atoms with Crippen LogP contribution in [0.25, 0.3) is 10.8 Å². The van der Waals surface area contributed by atoms with Crippen molar-refractivity contribution >= 4 is 22.4 Å². The van der Waals surface area contributed by atoms with Gasteiger partial charge in [0, 0.05) is 31.4 Å². The van der Waals surface area contributed by atoms with E-state index in [1.54, 1.807) is 6.07 Å². The Hall–Kier alpha value is -3.39. The summed E-state index contributed by atoms with van der Waals surface area (Å²) in [6, 6.07) is 14.0. The Bertz CT molecular complexity index is 1310. The van der Waals surface area contributed by atoms with Crippen LogP contribution in [0.2, 0.25) is 0 Å². The number of carbonyl (C=O) groups excluding carboxylic acids is 1. The number of ether oxygens (including phenoxy) is 2. The molecule has 3 aromatic carbocycles. The number of benzene rings is 3. The van der Waals surface area contributed by atoms with Gasteiger partial charge >= 0.3 is 0 Å². The van der Waals surface area contributed by atoms with Gasteiger partial charge in [0.15, 0.2) is 17.3 Å². The monoisotopic (exact) mass is 507 g/mol. The van der Waals surface area contributed by atoms with Crippen LogP contribution in [0.1, 0.15) is 18.4 Å². The number of hydrogen-bond donors (Lipinski definition) is 1. The van der Waals surface area contributed by atoms with Crippen LogP contribution in [0.3, 0.4) is 0 Å². The number of fused-ring (bicyclic) bond motifs is 2. The lowest BCUT2D eigenvalue weighted by Gasteiger charge is -2.35. The summed E-state index contributed by atoms with van der Waals surface area (Å²) in [5.74, 6) is -0.160. The lowest BCUT2D eigenvalue weighted by molar-refractivity contribution is -0.125. The quantitative estimate of drug-likeness (QED) is 0.521. The summed E-state index contributed by atoms with van der Waals surface area (Å²) < 4.78 is 39.2. The van der Waals surface area contributed by atoms with Gasteiger partial charge in [-0.25, -0.2) is 8.78 Å². The summed E-state index contributed by atoms with van der Waals surface area (Å²) in [6.45, 7) is 4.93. The zero-order chi connectivity index (χ0) is 25.4. The molecule has 2 fully saturated rings. The van der Waals surface area contributed by atoms with E-state index in [0.29, 0.717) is 31.9 Å². The standard InChI is InChI=1S/C29H31F2N3O3/c30-23-4-2-21-16-25(5-3-20(21)15-23)34-9-6-22(17-34)29(35)32-24(18-33-7-1-8-33)12-19-13-26(31)28-27(14-19)36-10-11-37-28/h2-5,13-16,22,24H,1,6-12,17-18H2,(H,32,35)/t22-,24?/m1/s1. The zero-order valence-corrected chi connectivity index (χ0v) is 20.7. The minimum absolute atomic E-state index is 0.0360. The average Bonchev–Trinajstić information content (AvgIpc) is 3.36. The van der Waals surface area contributed by atoms with Gasteiger partial charge in [-0.15, -0.1) is 0 Å². The van der Waals surface area contributed by atoms with E-state index < -0.39 is 5.82 Å². The highest BCUT2D eigenvalue weighted by atomic mass is 19.1. The van der Waals surface area contributed by atoms with Crippen LogP contribution in [0.5, 0.6) is 11.5 Å². The molecule has 8 heteroatoms. The SMILES string of the molecule is O=C(NC(Cc1cc(F)c2c(c1)OCCO2)CN1CCC1)[C@@H]1CCN(c2ccc3cc(F)ccc3c2)C1. The Morgan fingerprint density at radius 2 is 1.81 bits per heavy atom. The second kappa shape index (κ2) is 10.2. The molecule has 2 atom stereocenters. The number of nitrogens with one attached hydrogen (secondary N) is 1. The molecule has 3 aliphatic rings. The van der Waals surface area contributed by atoms with E-state index in [-0.39, 0.29) is 29.4 Å². The highest BCUT2D eigenvalue weighted by molar-refractivity contribution is 5.86. The molecule has 1 N–H and O–H groups in total. The normalized spacial score (nSPS) is 20.1. The highest BCUT2D eigenvalue weighted by Crippen LogP contribution is 2.34. The number of likely N-dealkylation sites (tertiary alicyclic amines) is 1. The third-order valence-electron chi connectivity index (χ3n) is 7.62. The first-order valence-electron chi connectivity index (χ1n) is 13.1. The minimum atomic E-state index is -0.425. The molecule has 0 aliphatic carbocycles. The Morgan fingerprint density at radius 1 is 1.00 bits per heavy atom. The van der Waals surface area contributed by atoms with E-state index in [9.17, 15) is 13.6 Å². The topological polar surface area (TPSA) is 54.0 Å². The number of halogens is 2. The van der Waals surface area contributed by atoms with Crippen molar-refractivity contribution in [2.45, 2.75) is 25.3 Å². The second-order valence-electron chi connectivity index (χ2n) is 10.3. The van der Waals surface area contributed by atoms with Crippen LogP contribution in [0.15, 0.2) is 48.5 Å². The van der Waals surface area contributed by atoms with E-state index >= 15 is 0 Å². The lowest BCUT2D eigenvalue weighted by atomic mass is 10.0. The van der Waals surface area contributed by atoms with Crippen molar-refractivity contribution in [1.82, 2.24) is 10.2 Å². The number of hydrogen-bond acceptors (Lipinski definition) is 5. The van der Waals surface area contributed by atoms with Crippen molar-refractivity contribution in [3.05, 3.63) is 65.7 Å². The second-order valence-corrected chi connectivity index (χ2v) is 10.3. The largest absolute Gasteiger partial charge is 0.486 e. The van der Waals surface area contributed by atoms with Gasteiger partial charge in [0.25, 0.3) is 0 Å². The third kappa shape index (κ3) is 5.21. The van der Waals surface area contributed by atoms with Gasteiger partial charge in [0.2, 0.25) is 5.91 Å². The maximum absolute atomic E-state index is 14.6. The first-order chi connectivity index (χ1) is 18.0. The zero-order valence-electron chi connectivity index (χ0n) is 20.7. The van der Waals surface area contributed by atoms with Crippen LogP contribution >= 0.6 is 0 Å². The fourth-order valence-corrected chi connectivity index (χ4v) is 5.53. The average molecular weight is 508 g/mol.